The molecule has 0 radical (unpaired) electrons. The number of hydrogen-bond donors (Lipinski definition) is 0. The Morgan fingerprint density at radius 1 is 1.31 bits per heavy atom. The summed E-state index contributed by atoms with van der Waals surface area (Å²) in [7, 11) is 0. The summed E-state index contributed by atoms with van der Waals surface area (Å²) in [5.74, 6) is 0. The van der Waals surface area contributed by atoms with Gasteiger partial charge in [0, 0.05) is 5.56 Å². The van der Waals surface area contributed by atoms with Crippen LogP contribution in [0.25, 0.3) is 16.6 Å². The topological polar surface area (TPSA) is 25.8 Å². The van der Waals surface area contributed by atoms with E-state index in [4.69, 9.17) is 0 Å². The van der Waals surface area contributed by atoms with Crippen molar-refractivity contribution in [2.75, 3.05) is 0 Å². The van der Waals surface area contributed by atoms with E-state index in [1.807, 2.05) is 13.8 Å². The number of nitrogens with zero attached hydrogens (tertiary/aromatic N) is 2. The Morgan fingerprint density at radius 3 is 2.69 bits per heavy atom. The third kappa shape index (κ3) is 1.25. The van der Waals surface area contributed by atoms with Gasteiger partial charge in [0.05, 0.1) is 11.7 Å². The zero-order valence-electron chi connectivity index (χ0n) is 7.66. The van der Waals surface area contributed by atoms with E-state index in [9.17, 15) is 0 Å². The van der Waals surface area contributed by atoms with E-state index in [-0.39, 0.29) is 0 Å². The van der Waals surface area contributed by atoms with Crippen molar-refractivity contribution < 1.29 is 0 Å². The van der Waals surface area contributed by atoms with Crippen LogP contribution < -0.4 is 0 Å². The summed E-state index contributed by atoms with van der Waals surface area (Å²) in [5.41, 5.74) is 5.31. The second-order valence-corrected chi connectivity index (χ2v) is 3.70. The van der Waals surface area contributed by atoms with E-state index in [1.165, 1.54) is 17.3 Å². The predicted octanol–water partition coefficient (Wildman–Crippen LogP) is 3.03. The number of benzene rings is 1. The molecule has 0 spiro atoms. The standard InChI is InChI=1S/C10H10N2S/c1-6(2)8-5-4-7(3)9-10(8)12-13-11-9/h4-5H,1H2,2-3H3. The van der Waals surface area contributed by atoms with E-state index >= 15 is 0 Å². The van der Waals surface area contributed by atoms with Gasteiger partial charge in [-0.2, -0.15) is 8.75 Å². The van der Waals surface area contributed by atoms with Crippen molar-refractivity contribution in [3.8, 4) is 0 Å². The molecular weight excluding hydrogens is 180 g/mol. The summed E-state index contributed by atoms with van der Waals surface area (Å²) >= 11 is 1.26. The zero-order valence-corrected chi connectivity index (χ0v) is 8.48. The fourth-order valence-corrected chi connectivity index (χ4v) is 1.95. The van der Waals surface area contributed by atoms with E-state index in [1.54, 1.807) is 0 Å². The summed E-state index contributed by atoms with van der Waals surface area (Å²) in [5, 5.41) is 0. The normalized spacial score (nSPS) is 10.6. The molecule has 0 aliphatic heterocycles. The van der Waals surface area contributed by atoms with Crippen molar-refractivity contribution in [3.05, 3.63) is 29.8 Å². The molecule has 0 saturated carbocycles. The van der Waals surface area contributed by atoms with Crippen LogP contribution in [0.3, 0.4) is 0 Å². The summed E-state index contributed by atoms with van der Waals surface area (Å²) < 4.78 is 8.52. The fraction of sp³-hybridized carbons (Fsp3) is 0.200. The number of fused-ring (bicyclic) bond motifs is 1. The highest BCUT2D eigenvalue weighted by Gasteiger charge is 2.07. The highest BCUT2D eigenvalue weighted by molar-refractivity contribution is 7.00. The van der Waals surface area contributed by atoms with Crippen LogP contribution in [-0.2, 0) is 0 Å². The molecule has 2 nitrogen and oxygen atoms in total. The van der Waals surface area contributed by atoms with E-state index < -0.39 is 0 Å². The van der Waals surface area contributed by atoms with E-state index in [0.717, 1.165) is 22.2 Å². The van der Waals surface area contributed by atoms with Crippen molar-refractivity contribution in [2.45, 2.75) is 13.8 Å². The van der Waals surface area contributed by atoms with Crippen molar-refractivity contribution >= 4 is 28.3 Å². The summed E-state index contributed by atoms with van der Waals surface area (Å²) in [6.07, 6.45) is 0. The Bertz CT molecular complexity index is 471. The first-order valence-electron chi connectivity index (χ1n) is 4.08. The Morgan fingerprint density at radius 2 is 2.00 bits per heavy atom. The van der Waals surface area contributed by atoms with Crippen molar-refractivity contribution in [2.24, 2.45) is 0 Å². The Kier molecular flexibility index (Phi) is 1.88. The minimum atomic E-state index is 0.984. The number of aromatic nitrogens is 2. The quantitative estimate of drug-likeness (QED) is 0.690. The maximum absolute atomic E-state index is 4.27. The van der Waals surface area contributed by atoms with Gasteiger partial charge in [-0.15, -0.1) is 0 Å². The monoisotopic (exact) mass is 190 g/mol. The highest BCUT2D eigenvalue weighted by Crippen LogP contribution is 2.24. The van der Waals surface area contributed by atoms with Crippen LogP contribution in [0.4, 0.5) is 0 Å². The van der Waals surface area contributed by atoms with Gasteiger partial charge in [0.15, 0.2) is 0 Å². The molecule has 3 heteroatoms. The molecule has 0 bridgehead atoms. The highest BCUT2D eigenvalue weighted by atomic mass is 32.1. The van der Waals surface area contributed by atoms with Crippen LogP contribution in [0, 0.1) is 6.92 Å². The fourth-order valence-electron chi connectivity index (χ4n) is 1.33. The molecule has 0 aliphatic rings. The van der Waals surface area contributed by atoms with Gasteiger partial charge in [-0.05, 0) is 25.0 Å². The van der Waals surface area contributed by atoms with Crippen molar-refractivity contribution in [1.29, 1.82) is 0 Å². The number of allylic oxidation sites excluding steroid dienone is 1. The van der Waals surface area contributed by atoms with Crippen LogP contribution in [-0.4, -0.2) is 8.75 Å². The van der Waals surface area contributed by atoms with Crippen LogP contribution in [0.15, 0.2) is 18.7 Å². The van der Waals surface area contributed by atoms with Gasteiger partial charge < -0.3 is 0 Å². The molecule has 66 valence electrons. The van der Waals surface area contributed by atoms with Crippen LogP contribution in [0.2, 0.25) is 0 Å². The van der Waals surface area contributed by atoms with Gasteiger partial charge in [-0.1, -0.05) is 18.7 Å². The summed E-state index contributed by atoms with van der Waals surface area (Å²) in [4.78, 5) is 0. The second kappa shape index (κ2) is 2.92. The SMILES string of the molecule is C=C(C)c1ccc(C)c2nsnc12. The van der Waals surface area contributed by atoms with Gasteiger partial charge in [-0.25, -0.2) is 0 Å². The van der Waals surface area contributed by atoms with Gasteiger partial charge >= 0.3 is 0 Å². The molecule has 1 aromatic heterocycles. The maximum Gasteiger partial charge on any atom is 0.112 e. The first-order chi connectivity index (χ1) is 6.20. The number of hydrogen-bond acceptors (Lipinski definition) is 3. The first kappa shape index (κ1) is 8.38. The molecule has 0 saturated heterocycles. The molecule has 1 aromatic carbocycles. The summed E-state index contributed by atoms with van der Waals surface area (Å²) in [6.45, 7) is 7.96. The second-order valence-electron chi connectivity index (χ2n) is 3.17. The minimum absolute atomic E-state index is 0.984. The van der Waals surface area contributed by atoms with E-state index in [2.05, 4.69) is 27.5 Å². The molecule has 13 heavy (non-hydrogen) atoms. The first-order valence-corrected chi connectivity index (χ1v) is 4.81. The number of rotatable bonds is 1. The zero-order chi connectivity index (χ0) is 9.42. The molecule has 0 atom stereocenters. The van der Waals surface area contributed by atoms with Crippen LogP contribution in [0.5, 0.6) is 0 Å². The van der Waals surface area contributed by atoms with Gasteiger partial charge in [0.2, 0.25) is 0 Å². The molecule has 0 unspecified atom stereocenters. The van der Waals surface area contributed by atoms with Crippen LogP contribution >= 0.6 is 11.7 Å². The lowest BCUT2D eigenvalue weighted by Crippen LogP contribution is -1.84. The molecule has 0 N–H and O–H groups in total. The molecule has 0 amide bonds. The minimum Gasteiger partial charge on any atom is -0.173 e. The van der Waals surface area contributed by atoms with E-state index in [0.29, 0.717) is 0 Å². The summed E-state index contributed by atoms with van der Waals surface area (Å²) in [6, 6.07) is 4.12. The van der Waals surface area contributed by atoms with Crippen molar-refractivity contribution in [3.63, 3.8) is 0 Å². The lowest BCUT2D eigenvalue weighted by Gasteiger charge is -2.01. The third-order valence-corrected chi connectivity index (χ3v) is 2.61. The average Bonchev–Trinajstić information content (AvgIpc) is 2.53. The molecule has 2 aromatic rings. The molecule has 0 fully saturated rings. The van der Waals surface area contributed by atoms with Gasteiger partial charge in [-0.3, -0.25) is 0 Å². The smallest absolute Gasteiger partial charge is 0.112 e. The van der Waals surface area contributed by atoms with Gasteiger partial charge in [0.1, 0.15) is 11.0 Å². The lowest BCUT2D eigenvalue weighted by atomic mass is 10.0. The number of aryl methyl sites for hydroxylation is 1. The molecule has 1 heterocycles. The Labute approximate surface area is 81.2 Å². The molecule has 0 aliphatic carbocycles. The molecular formula is C10H10N2S. The van der Waals surface area contributed by atoms with Gasteiger partial charge in [0.25, 0.3) is 0 Å². The Balaban J connectivity index is 2.86. The van der Waals surface area contributed by atoms with Crippen LogP contribution in [0.1, 0.15) is 18.1 Å². The largest absolute Gasteiger partial charge is 0.173 e. The Hall–Kier alpha value is -1.22. The van der Waals surface area contributed by atoms with Crippen molar-refractivity contribution in [1.82, 2.24) is 8.75 Å². The maximum atomic E-state index is 4.27. The lowest BCUT2D eigenvalue weighted by molar-refractivity contribution is 1.46. The molecule has 2 rings (SSSR count). The average molecular weight is 190 g/mol. The predicted molar refractivity (Wildman–Crippen MR) is 56.9 cm³/mol. The third-order valence-electron chi connectivity index (χ3n) is 2.08.